The molecule has 90 valence electrons. The van der Waals surface area contributed by atoms with Crippen LogP contribution in [0.15, 0.2) is 42.5 Å². The third-order valence-electron chi connectivity index (χ3n) is 3.08. The van der Waals surface area contributed by atoms with Gasteiger partial charge in [0.2, 0.25) is 0 Å². The maximum Gasteiger partial charge on any atom is 0.197 e. The highest BCUT2D eigenvalue weighted by Gasteiger charge is 2.22. The van der Waals surface area contributed by atoms with Crippen molar-refractivity contribution in [2.75, 3.05) is 7.11 Å². The molecule has 1 heterocycles. The maximum atomic E-state index is 12.4. The van der Waals surface area contributed by atoms with E-state index in [-0.39, 0.29) is 5.78 Å². The van der Waals surface area contributed by atoms with Gasteiger partial charge in [-0.25, -0.2) is 0 Å². The number of hydrogen-bond acceptors (Lipinski definition) is 3. The van der Waals surface area contributed by atoms with Gasteiger partial charge in [-0.3, -0.25) is 4.79 Å². The molecule has 0 aliphatic carbocycles. The van der Waals surface area contributed by atoms with Crippen molar-refractivity contribution >= 4 is 5.78 Å². The maximum absolute atomic E-state index is 12.4. The number of fused-ring (bicyclic) bond motifs is 2. The van der Waals surface area contributed by atoms with Crippen LogP contribution in [0.4, 0.5) is 0 Å². The summed E-state index contributed by atoms with van der Waals surface area (Å²) < 4.78 is 10.8. The van der Waals surface area contributed by atoms with Crippen molar-refractivity contribution in [2.24, 2.45) is 0 Å². The lowest BCUT2D eigenvalue weighted by atomic mass is 9.99. The SMILES string of the molecule is COc1ccc2c(c1)OCc1ccccc1C2=O. The molecule has 0 N–H and O–H groups in total. The second-order valence-corrected chi connectivity index (χ2v) is 4.14. The second-order valence-electron chi connectivity index (χ2n) is 4.14. The van der Waals surface area contributed by atoms with Gasteiger partial charge >= 0.3 is 0 Å². The van der Waals surface area contributed by atoms with Crippen molar-refractivity contribution in [3.05, 3.63) is 59.2 Å². The van der Waals surface area contributed by atoms with E-state index in [0.29, 0.717) is 29.2 Å². The van der Waals surface area contributed by atoms with Gasteiger partial charge in [0, 0.05) is 17.2 Å². The Balaban J connectivity index is 2.15. The average Bonchev–Trinajstić information content (AvgIpc) is 2.57. The van der Waals surface area contributed by atoms with Crippen molar-refractivity contribution < 1.29 is 14.3 Å². The Labute approximate surface area is 105 Å². The van der Waals surface area contributed by atoms with Crippen molar-refractivity contribution in [1.29, 1.82) is 0 Å². The molecule has 3 nitrogen and oxygen atoms in total. The summed E-state index contributed by atoms with van der Waals surface area (Å²) >= 11 is 0. The zero-order valence-corrected chi connectivity index (χ0v) is 9.97. The molecule has 0 radical (unpaired) electrons. The molecule has 0 amide bonds. The van der Waals surface area contributed by atoms with Crippen LogP contribution in [0, 0.1) is 0 Å². The number of hydrogen-bond donors (Lipinski definition) is 0. The number of methoxy groups -OCH3 is 1. The normalized spacial score (nSPS) is 13.1. The number of rotatable bonds is 1. The van der Waals surface area contributed by atoms with Crippen molar-refractivity contribution in [3.8, 4) is 11.5 Å². The summed E-state index contributed by atoms with van der Waals surface area (Å²) in [5.74, 6) is 1.27. The van der Waals surface area contributed by atoms with Gasteiger partial charge in [-0.2, -0.15) is 0 Å². The lowest BCUT2D eigenvalue weighted by Crippen LogP contribution is -2.02. The zero-order chi connectivity index (χ0) is 12.5. The summed E-state index contributed by atoms with van der Waals surface area (Å²) in [4.78, 5) is 12.4. The quantitative estimate of drug-likeness (QED) is 0.768. The molecule has 3 heteroatoms. The van der Waals surface area contributed by atoms with Crippen LogP contribution < -0.4 is 9.47 Å². The molecule has 0 saturated heterocycles. The standard InChI is InChI=1S/C15H12O3/c1-17-11-6-7-13-14(8-11)18-9-10-4-2-3-5-12(10)15(13)16/h2-8H,9H2,1H3. The van der Waals surface area contributed by atoms with Gasteiger partial charge in [0.05, 0.1) is 12.7 Å². The first-order chi connectivity index (χ1) is 8.79. The van der Waals surface area contributed by atoms with Gasteiger partial charge in [-0.1, -0.05) is 24.3 Å². The zero-order valence-electron chi connectivity index (χ0n) is 9.97. The Hall–Kier alpha value is -2.29. The molecule has 0 unspecified atom stereocenters. The first kappa shape index (κ1) is 10.8. The molecular formula is C15H12O3. The predicted octanol–water partition coefficient (Wildman–Crippen LogP) is 2.82. The summed E-state index contributed by atoms with van der Waals surface area (Å²) in [7, 11) is 1.59. The number of ether oxygens (including phenoxy) is 2. The van der Waals surface area contributed by atoms with Crippen LogP contribution in [-0.2, 0) is 6.61 Å². The van der Waals surface area contributed by atoms with E-state index >= 15 is 0 Å². The minimum Gasteiger partial charge on any atom is -0.497 e. The minimum absolute atomic E-state index is 0.000697. The summed E-state index contributed by atoms with van der Waals surface area (Å²) in [6.45, 7) is 0.405. The van der Waals surface area contributed by atoms with Crippen LogP contribution in [0.5, 0.6) is 11.5 Å². The third kappa shape index (κ3) is 1.64. The van der Waals surface area contributed by atoms with E-state index in [4.69, 9.17) is 9.47 Å². The van der Waals surface area contributed by atoms with E-state index in [1.54, 1.807) is 25.3 Å². The van der Waals surface area contributed by atoms with Gasteiger partial charge in [0.25, 0.3) is 0 Å². The van der Waals surface area contributed by atoms with Crippen molar-refractivity contribution in [1.82, 2.24) is 0 Å². The largest absolute Gasteiger partial charge is 0.497 e. The monoisotopic (exact) mass is 240 g/mol. The highest BCUT2D eigenvalue weighted by Crippen LogP contribution is 2.31. The first-order valence-corrected chi connectivity index (χ1v) is 5.73. The highest BCUT2D eigenvalue weighted by atomic mass is 16.5. The number of carbonyl (C=O) groups excluding carboxylic acids is 1. The summed E-state index contributed by atoms with van der Waals surface area (Å²) in [6, 6.07) is 12.8. The van der Waals surface area contributed by atoms with Gasteiger partial charge in [-0.05, 0) is 12.1 Å². The third-order valence-corrected chi connectivity index (χ3v) is 3.08. The van der Waals surface area contributed by atoms with Crippen LogP contribution in [0.25, 0.3) is 0 Å². The van der Waals surface area contributed by atoms with E-state index in [1.165, 1.54) is 0 Å². The van der Waals surface area contributed by atoms with E-state index < -0.39 is 0 Å². The summed E-state index contributed by atoms with van der Waals surface area (Å²) in [5.41, 5.74) is 2.21. The number of benzene rings is 2. The number of carbonyl (C=O) groups is 1. The molecule has 0 fully saturated rings. The fourth-order valence-electron chi connectivity index (χ4n) is 2.10. The van der Waals surface area contributed by atoms with Crippen molar-refractivity contribution in [3.63, 3.8) is 0 Å². The van der Waals surface area contributed by atoms with E-state index in [2.05, 4.69) is 0 Å². The molecule has 2 aromatic rings. The summed E-state index contributed by atoms with van der Waals surface area (Å²) in [5, 5.41) is 0. The van der Waals surface area contributed by atoms with E-state index in [9.17, 15) is 4.79 Å². The lowest BCUT2D eigenvalue weighted by molar-refractivity contribution is 0.103. The summed E-state index contributed by atoms with van der Waals surface area (Å²) in [6.07, 6.45) is 0. The Kier molecular flexibility index (Phi) is 2.52. The molecule has 0 bridgehead atoms. The molecule has 2 aromatic carbocycles. The van der Waals surface area contributed by atoms with Crippen LogP contribution in [0.2, 0.25) is 0 Å². The topological polar surface area (TPSA) is 35.5 Å². The lowest BCUT2D eigenvalue weighted by Gasteiger charge is -2.07. The van der Waals surface area contributed by atoms with Gasteiger partial charge in [-0.15, -0.1) is 0 Å². The van der Waals surface area contributed by atoms with E-state index in [1.807, 2.05) is 24.3 Å². The molecule has 0 atom stereocenters. The van der Waals surface area contributed by atoms with Crippen molar-refractivity contribution in [2.45, 2.75) is 6.61 Å². The Morgan fingerprint density at radius 1 is 1.11 bits per heavy atom. The predicted molar refractivity (Wildman–Crippen MR) is 67.2 cm³/mol. The minimum atomic E-state index is 0.000697. The van der Waals surface area contributed by atoms with Crippen LogP contribution in [0.3, 0.4) is 0 Å². The first-order valence-electron chi connectivity index (χ1n) is 5.73. The Morgan fingerprint density at radius 3 is 2.78 bits per heavy atom. The Morgan fingerprint density at radius 2 is 1.94 bits per heavy atom. The van der Waals surface area contributed by atoms with Crippen LogP contribution >= 0.6 is 0 Å². The molecule has 0 spiro atoms. The molecule has 3 rings (SSSR count). The highest BCUT2D eigenvalue weighted by molar-refractivity contribution is 6.12. The molecule has 0 aromatic heterocycles. The second kappa shape index (κ2) is 4.18. The molecule has 18 heavy (non-hydrogen) atoms. The van der Waals surface area contributed by atoms with Gasteiger partial charge < -0.3 is 9.47 Å². The fraction of sp³-hybridized carbons (Fsp3) is 0.133. The average molecular weight is 240 g/mol. The van der Waals surface area contributed by atoms with Gasteiger partial charge in [0.1, 0.15) is 18.1 Å². The van der Waals surface area contributed by atoms with E-state index in [0.717, 1.165) is 5.56 Å². The number of ketones is 1. The van der Waals surface area contributed by atoms with Crippen LogP contribution in [0.1, 0.15) is 21.5 Å². The molecule has 0 saturated carbocycles. The van der Waals surface area contributed by atoms with Crippen LogP contribution in [-0.4, -0.2) is 12.9 Å². The fourth-order valence-corrected chi connectivity index (χ4v) is 2.10. The molecular weight excluding hydrogens is 228 g/mol. The molecule has 1 aliphatic heterocycles. The smallest absolute Gasteiger partial charge is 0.197 e. The molecule has 1 aliphatic rings. The van der Waals surface area contributed by atoms with Gasteiger partial charge in [0.15, 0.2) is 5.78 Å². The Bertz CT molecular complexity index is 617.